The van der Waals surface area contributed by atoms with Crippen LogP contribution in [0.25, 0.3) is 21.2 Å². The van der Waals surface area contributed by atoms with Crippen molar-refractivity contribution in [1.82, 2.24) is 15.2 Å². The van der Waals surface area contributed by atoms with E-state index in [9.17, 15) is 13.6 Å². The second-order valence-corrected chi connectivity index (χ2v) is 10.9. The molecule has 0 bridgehead atoms. The Bertz CT molecular complexity index is 1470. The Labute approximate surface area is 229 Å². The first kappa shape index (κ1) is 26.5. The third kappa shape index (κ3) is 5.13. The van der Waals surface area contributed by atoms with Gasteiger partial charge in [0.2, 0.25) is 0 Å². The minimum Gasteiger partial charge on any atom is -0.496 e. The van der Waals surface area contributed by atoms with E-state index < -0.39 is 11.6 Å². The van der Waals surface area contributed by atoms with E-state index >= 15 is 0 Å². The van der Waals surface area contributed by atoms with Crippen molar-refractivity contribution in [2.24, 2.45) is 0 Å². The molecule has 198 valence electrons. The molecule has 0 atom stereocenters. The van der Waals surface area contributed by atoms with E-state index in [0.29, 0.717) is 32.5 Å². The van der Waals surface area contributed by atoms with E-state index in [1.54, 1.807) is 43.6 Å². The zero-order valence-electron chi connectivity index (χ0n) is 21.1. The lowest BCUT2D eigenvalue weighted by Crippen LogP contribution is -2.44. The van der Waals surface area contributed by atoms with Gasteiger partial charge in [0.25, 0.3) is 5.91 Å². The van der Waals surface area contributed by atoms with Crippen molar-refractivity contribution in [2.45, 2.75) is 44.3 Å². The molecule has 9 heteroatoms. The lowest BCUT2D eigenvalue weighted by Gasteiger charge is -2.37. The predicted octanol–water partition coefficient (Wildman–Crippen LogP) is 7.08. The highest BCUT2D eigenvalue weighted by Crippen LogP contribution is 2.39. The fourth-order valence-corrected chi connectivity index (χ4v) is 6.75. The Morgan fingerprint density at radius 1 is 1.16 bits per heavy atom. The van der Waals surface area contributed by atoms with Crippen molar-refractivity contribution >= 4 is 38.9 Å². The Balaban J connectivity index is 1.55. The van der Waals surface area contributed by atoms with Crippen LogP contribution >= 0.6 is 22.9 Å². The van der Waals surface area contributed by atoms with E-state index in [2.05, 4.69) is 10.3 Å². The molecule has 0 aliphatic heterocycles. The van der Waals surface area contributed by atoms with Gasteiger partial charge in [-0.2, -0.15) is 0 Å². The summed E-state index contributed by atoms with van der Waals surface area (Å²) < 4.78 is 35.4. The van der Waals surface area contributed by atoms with Crippen LogP contribution in [0.5, 0.6) is 5.75 Å². The summed E-state index contributed by atoms with van der Waals surface area (Å²) in [6.45, 7) is 0.241. The highest BCUT2D eigenvalue weighted by atomic mass is 35.5. The molecule has 1 N–H and O–H groups in total. The van der Waals surface area contributed by atoms with Crippen LogP contribution in [0.3, 0.4) is 0 Å². The van der Waals surface area contributed by atoms with Crippen LogP contribution in [0.4, 0.5) is 8.78 Å². The van der Waals surface area contributed by atoms with Gasteiger partial charge in [0.15, 0.2) is 0 Å². The molecule has 38 heavy (non-hydrogen) atoms. The van der Waals surface area contributed by atoms with Crippen molar-refractivity contribution in [2.75, 3.05) is 14.2 Å². The van der Waals surface area contributed by atoms with Crippen LogP contribution in [0.1, 0.15) is 40.9 Å². The number of methoxy groups -OCH3 is 1. The number of hydrogen-bond acceptors (Lipinski definition) is 5. The Kier molecular flexibility index (Phi) is 7.93. The van der Waals surface area contributed by atoms with Crippen LogP contribution in [-0.4, -0.2) is 42.0 Å². The molecular weight excluding hydrogens is 528 g/mol. The van der Waals surface area contributed by atoms with Crippen LogP contribution in [0.15, 0.2) is 54.9 Å². The van der Waals surface area contributed by atoms with Crippen molar-refractivity contribution in [1.29, 1.82) is 0 Å². The number of aromatic nitrogens is 1. The number of benzene rings is 2. The van der Waals surface area contributed by atoms with Crippen molar-refractivity contribution in [3.05, 3.63) is 82.0 Å². The number of fused-ring (bicyclic) bond motifs is 1. The number of hydrogen-bond donors (Lipinski definition) is 1. The second kappa shape index (κ2) is 11.4. The average Bonchev–Trinajstić information content (AvgIpc) is 3.29. The SMILES string of the molecule is CN[C@H]1CC[C@@H](N(Cc2cc(-c3ccncc3F)ccc2OC)C(=O)c2sc3cccc(F)c3c2Cl)CC1. The van der Waals surface area contributed by atoms with E-state index in [1.165, 1.54) is 23.6 Å². The Morgan fingerprint density at radius 2 is 1.95 bits per heavy atom. The van der Waals surface area contributed by atoms with Gasteiger partial charge in [-0.25, -0.2) is 8.78 Å². The monoisotopic (exact) mass is 555 g/mol. The molecule has 1 fully saturated rings. The predicted molar refractivity (Wildman–Crippen MR) is 148 cm³/mol. The molecule has 2 aromatic heterocycles. The Hall–Kier alpha value is -3.07. The topological polar surface area (TPSA) is 54.5 Å². The number of carbonyl (C=O) groups excluding carboxylic acids is 1. The minimum absolute atomic E-state index is 0.0377. The van der Waals surface area contributed by atoms with Crippen molar-refractivity contribution in [3.8, 4) is 16.9 Å². The number of halogens is 3. The smallest absolute Gasteiger partial charge is 0.266 e. The molecule has 5 rings (SSSR count). The molecule has 1 aliphatic carbocycles. The van der Waals surface area contributed by atoms with Gasteiger partial charge >= 0.3 is 0 Å². The summed E-state index contributed by atoms with van der Waals surface area (Å²) in [5.41, 5.74) is 1.82. The van der Waals surface area contributed by atoms with Gasteiger partial charge < -0.3 is 15.0 Å². The first-order valence-corrected chi connectivity index (χ1v) is 13.7. The minimum atomic E-state index is -0.447. The van der Waals surface area contributed by atoms with Gasteiger partial charge in [0.05, 0.1) is 18.3 Å². The summed E-state index contributed by atoms with van der Waals surface area (Å²) in [4.78, 5) is 20.1. The first-order valence-electron chi connectivity index (χ1n) is 12.5. The zero-order chi connectivity index (χ0) is 26.8. The Morgan fingerprint density at radius 3 is 2.63 bits per heavy atom. The molecule has 1 saturated carbocycles. The number of ether oxygens (including phenoxy) is 1. The third-order valence-corrected chi connectivity index (χ3v) is 8.94. The number of nitrogens with one attached hydrogen (secondary N) is 1. The maximum atomic E-state index is 14.6. The van der Waals surface area contributed by atoms with Crippen molar-refractivity contribution in [3.63, 3.8) is 0 Å². The molecule has 0 unspecified atom stereocenters. The number of carbonyl (C=O) groups is 1. The quantitative estimate of drug-likeness (QED) is 0.265. The maximum absolute atomic E-state index is 14.6. The lowest BCUT2D eigenvalue weighted by atomic mass is 9.89. The summed E-state index contributed by atoms with van der Waals surface area (Å²) in [5.74, 6) is -0.525. The van der Waals surface area contributed by atoms with Gasteiger partial charge in [-0.15, -0.1) is 11.3 Å². The summed E-state index contributed by atoms with van der Waals surface area (Å²) in [6, 6.07) is 12.1. The number of pyridine rings is 1. The number of thiophene rings is 1. The van der Waals surface area contributed by atoms with Gasteiger partial charge in [-0.1, -0.05) is 23.7 Å². The molecule has 2 aromatic carbocycles. The number of amides is 1. The van der Waals surface area contributed by atoms with Crippen LogP contribution in [0.2, 0.25) is 5.02 Å². The van der Waals surface area contributed by atoms with Gasteiger partial charge in [-0.05, 0) is 68.6 Å². The molecule has 0 saturated heterocycles. The maximum Gasteiger partial charge on any atom is 0.266 e. The fraction of sp³-hybridized carbons (Fsp3) is 0.310. The molecule has 5 nitrogen and oxygen atoms in total. The summed E-state index contributed by atoms with van der Waals surface area (Å²) in [6.07, 6.45) is 6.21. The van der Waals surface area contributed by atoms with E-state index in [1.807, 2.05) is 18.0 Å². The molecule has 1 aliphatic rings. The average molecular weight is 556 g/mol. The molecule has 0 radical (unpaired) electrons. The first-order chi connectivity index (χ1) is 18.4. The molecular formula is C29H28ClF2N3O2S. The van der Waals surface area contributed by atoms with Crippen LogP contribution < -0.4 is 10.1 Å². The molecule has 2 heterocycles. The number of rotatable bonds is 7. The molecule has 0 spiro atoms. The fourth-order valence-electron chi connectivity index (χ4n) is 5.24. The van der Waals surface area contributed by atoms with E-state index in [-0.39, 0.29) is 28.9 Å². The molecule has 4 aromatic rings. The van der Waals surface area contributed by atoms with Gasteiger partial charge in [0.1, 0.15) is 22.3 Å². The van der Waals surface area contributed by atoms with E-state index in [0.717, 1.165) is 31.2 Å². The van der Waals surface area contributed by atoms with Crippen molar-refractivity contribution < 1.29 is 18.3 Å². The molecule has 1 amide bonds. The third-order valence-electron chi connectivity index (χ3n) is 7.31. The second-order valence-electron chi connectivity index (χ2n) is 9.47. The summed E-state index contributed by atoms with van der Waals surface area (Å²) >= 11 is 7.81. The normalized spacial score (nSPS) is 17.5. The van der Waals surface area contributed by atoms with Crippen LogP contribution in [-0.2, 0) is 6.54 Å². The standard InChI is InChI=1S/C29H28ClF2N3O2S/c1-33-19-7-9-20(10-8-19)35(29(36)28-27(30)26-22(31)4-3-5-25(26)38-28)16-18-14-17(6-11-24(18)37-2)21-12-13-34-15-23(21)32/h3-6,11-15,19-20,33H,7-10,16H2,1-2H3/t19-,20+. The lowest BCUT2D eigenvalue weighted by molar-refractivity contribution is 0.0604. The highest BCUT2D eigenvalue weighted by Gasteiger charge is 2.32. The van der Waals surface area contributed by atoms with Gasteiger partial charge in [0, 0.05) is 46.0 Å². The highest BCUT2D eigenvalue weighted by molar-refractivity contribution is 7.21. The largest absolute Gasteiger partial charge is 0.496 e. The van der Waals surface area contributed by atoms with Crippen LogP contribution in [0, 0.1) is 11.6 Å². The zero-order valence-corrected chi connectivity index (χ0v) is 22.7. The number of nitrogens with zero attached hydrogens (tertiary/aromatic N) is 2. The van der Waals surface area contributed by atoms with Gasteiger partial charge in [-0.3, -0.25) is 9.78 Å². The van der Waals surface area contributed by atoms with E-state index in [4.69, 9.17) is 16.3 Å². The summed E-state index contributed by atoms with van der Waals surface area (Å²) in [7, 11) is 3.52. The summed E-state index contributed by atoms with van der Waals surface area (Å²) in [5, 5.41) is 3.74.